The van der Waals surface area contributed by atoms with Gasteiger partial charge < -0.3 is 5.11 Å². The molecule has 0 aliphatic rings. The second-order valence-corrected chi connectivity index (χ2v) is 2.42. The predicted octanol–water partition coefficient (Wildman–Crippen LogP) is 1.73. The number of alkyl halides is 1. The molecule has 0 radical (unpaired) electrons. The van der Waals surface area contributed by atoms with Crippen molar-refractivity contribution in [2.45, 2.75) is 6.67 Å². The highest BCUT2D eigenvalue weighted by atomic mass is 19.1. The molecule has 0 bridgehead atoms. The van der Waals surface area contributed by atoms with Crippen molar-refractivity contribution in [2.75, 3.05) is 0 Å². The molecule has 0 amide bonds. The van der Waals surface area contributed by atoms with Crippen LogP contribution in [0.15, 0.2) is 18.2 Å². The molecule has 4 heteroatoms. The van der Waals surface area contributed by atoms with E-state index in [9.17, 15) is 9.18 Å². The minimum Gasteiger partial charge on any atom is -0.478 e. The van der Waals surface area contributed by atoms with Gasteiger partial charge in [0.1, 0.15) is 6.67 Å². The van der Waals surface area contributed by atoms with Gasteiger partial charge >= 0.3 is 5.97 Å². The Hall–Kier alpha value is -1.89. The molecular weight excluding hydrogens is 173 g/mol. The number of halogens is 1. The van der Waals surface area contributed by atoms with Crippen LogP contribution in [0.25, 0.3) is 0 Å². The zero-order valence-corrected chi connectivity index (χ0v) is 6.62. The van der Waals surface area contributed by atoms with Gasteiger partial charge in [0.05, 0.1) is 17.2 Å². The van der Waals surface area contributed by atoms with E-state index in [0.29, 0.717) is 0 Å². The molecule has 66 valence electrons. The Balaban J connectivity index is 3.23. The van der Waals surface area contributed by atoms with Crippen LogP contribution in [-0.2, 0) is 6.67 Å². The minimum atomic E-state index is -1.12. The second kappa shape index (κ2) is 3.68. The average Bonchev–Trinajstić information content (AvgIpc) is 2.16. The zero-order valence-electron chi connectivity index (χ0n) is 6.62. The molecule has 0 fully saturated rings. The fourth-order valence-corrected chi connectivity index (χ4v) is 0.930. The van der Waals surface area contributed by atoms with Crippen LogP contribution in [-0.4, -0.2) is 11.1 Å². The van der Waals surface area contributed by atoms with Gasteiger partial charge in [-0.25, -0.2) is 9.18 Å². The fraction of sp³-hybridized carbons (Fsp3) is 0.111. The summed E-state index contributed by atoms with van der Waals surface area (Å²) in [6, 6.07) is 5.49. The zero-order chi connectivity index (χ0) is 9.84. The van der Waals surface area contributed by atoms with E-state index in [1.807, 2.05) is 0 Å². The van der Waals surface area contributed by atoms with Crippen molar-refractivity contribution in [2.24, 2.45) is 0 Å². The summed E-state index contributed by atoms with van der Waals surface area (Å²) in [6.45, 7) is -0.761. The quantitative estimate of drug-likeness (QED) is 0.751. The number of hydrogen-bond acceptors (Lipinski definition) is 2. The number of rotatable bonds is 2. The molecule has 1 N–H and O–H groups in total. The van der Waals surface area contributed by atoms with Crippen molar-refractivity contribution in [3.63, 3.8) is 0 Å². The van der Waals surface area contributed by atoms with Gasteiger partial charge in [-0.05, 0) is 12.1 Å². The Labute approximate surface area is 74.0 Å². The molecule has 1 rings (SSSR count). The lowest BCUT2D eigenvalue weighted by molar-refractivity contribution is 0.0697. The van der Waals surface area contributed by atoms with Gasteiger partial charge in [-0.3, -0.25) is 0 Å². The maximum absolute atomic E-state index is 12.2. The molecule has 0 heterocycles. The van der Waals surface area contributed by atoms with Gasteiger partial charge in [-0.1, -0.05) is 6.07 Å². The van der Waals surface area contributed by atoms with Gasteiger partial charge in [0.25, 0.3) is 0 Å². The largest absolute Gasteiger partial charge is 0.478 e. The number of carbonyl (C=O) groups is 1. The van der Waals surface area contributed by atoms with Crippen LogP contribution >= 0.6 is 0 Å². The first kappa shape index (κ1) is 9.20. The van der Waals surface area contributed by atoms with Crippen molar-refractivity contribution in [1.82, 2.24) is 0 Å². The van der Waals surface area contributed by atoms with E-state index < -0.39 is 12.6 Å². The Morgan fingerprint density at radius 1 is 1.62 bits per heavy atom. The lowest BCUT2D eigenvalue weighted by Crippen LogP contribution is -1.98. The molecule has 3 nitrogen and oxygen atoms in total. The van der Waals surface area contributed by atoms with Crippen LogP contribution < -0.4 is 0 Å². The van der Waals surface area contributed by atoms with Crippen LogP contribution in [0.2, 0.25) is 0 Å². The third-order valence-electron chi connectivity index (χ3n) is 1.62. The lowest BCUT2D eigenvalue weighted by atomic mass is 10.1. The summed E-state index contributed by atoms with van der Waals surface area (Å²) in [5.74, 6) is -1.12. The number of hydrogen-bond donors (Lipinski definition) is 1. The van der Waals surface area contributed by atoms with Gasteiger partial charge in [0, 0.05) is 5.56 Å². The maximum atomic E-state index is 12.2. The highest BCUT2D eigenvalue weighted by Gasteiger charge is 2.07. The third-order valence-corrected chi connectivity index (χ3v) is 1.62. The molecule has 13 heavy (non-hydrogen) atoms. The number of carboxylic acids is 1. The molecule has 0 aliphatic heterocycles. The summed E-state index contributed by atoms with van der Waals surface area (Å²) in [5.41, 5.74) is 0.281. The van der Waals surface area contributed by atoms with E-state index in [-0.39, 0.29) is 16.7 Å². The van der Waals surface area contributed by atoms with Crippen LogP contribution in [0, 0.1) is 11.3 Å². The van der Waals surface area contributed by atoms with Crippen molar-refractivity contribution in [3.8, 4) is 6.07 Å². The Morgan fingerprint density at radius 3 is 2.77 bits per heavy atom. The van der Waals surface area contributed by atoms with Crippen LogP contribution in [0.4, 0.5) is 4.39 Å². The molecule has 0 unspecified atom stereocenters. The maximum Gasteiger partial charge on any atom is 0.335 e. The SMILES string of the molecule is N#Cc1cc(C(=O)O)ccc1CF. The molecule has 0 saturated heterocycles. The number of benzene rings is 1. The Kier molecular flexibility index (Phi) is 2.60. The standard InChI is InChI=1S/C9H6FNO2/c10-4-7-2-1-6(9(12)13)3-8(7)5-11/h1-3H,4H2,(H,12,13). The van der Waals surface area contributed by atoms with E-state index >= 15 is 0 Å². The normalized spacial score (nSPS) is 9.23. The monoisotopic (exact) mass is 179 g/mol. The van der Waals surface area contributed by atoms with E-state index in [0.717, 1.165) is 6.07 Å². The molecule has 0 aliphatic carbocycles. The Bertz CT molecular complexity index is 382. The fourth-order valence-electron chi connectivity index (χ4n) is 0.930. The molecule has 0 atom stereocenters. The summed E-state index contributed by atoms with van der Waals surface area (Å²) in [4.78, 5) is 10.5. The van der Waals surface area contributed by atoms with Crippen LogP contribution in [0.1, 0.15) is 21.5 Å². The third kappa shape index (κ3) is 1.82. The van der Waals surface area contributed by atoms with E-state index in [2.05, 4.69) is 0 Å². The Morgan fingerprint density at radius 2 is 2.31 bits per heavy atom. The summed E-state index contributed by atoms with van der Waals surface area (Å²) in [6.07, 6.45) is 0. The molecule has 0 aromatic heterocycles. The minimum absolute atomic E-state index is 0.00579. The summed E-state index contributed by atoms with van der Waals surface area (Å²) in [7, 11) is 0. The number of nitrogens with zero attached hydrogens (tertiary/aromatic N) is 1. The second-order valence-electron chi connectivity index (χ2n) is 2.42. The van der Waals surface area contributed by atoms with E-state index in [1.54, 1.807) is 6.07 Å². The highest BCUT2D eigenvalue weighted by molar-refractivity contribution is 5.88. The van der Waals surface area contributed by atoms with E-state index in [4.69, 9.17) is 10.4 Å². The molecule has 1 aromatic rings. The van der Waals surface area contributed by atoms with Crippen molar-refractivity contribution >= 4 is 5.97 Å². The number of aromatic carboxylic acids is 1. The summed E-state index contributed by atoms with van der Waals surface area (Å²) < 4.78 is 12.2. The van der Waals surface area contributed by atoms with Gasteiger partial charge in [0.2, 0.25) is 0 Å². The van der Waals surface area contributed by atoms with Crippen molar-refractivity contribution in [3.05, 3.63) is 34.9 Å². The van der Waals surface area contributed by atoms with Gasteiger partial charge in [-0.15, -0.1) is 0 Å². The van der Waals surface area contributed by atoms with Gasteiger partial charge in [0.15, 0.2) is 0 Å². The lowest BCUT2D eigenvalue weighted by Gasteiger charge is -1.99. The molecule has 0 spiro atoms. The number of carboxylic acid groups (broad SMARTS) is 1. The van der Waals surface area contributed by atoms with Gasteiger partial charge in [-0.2, -0.15) is 5.26 Å². The van der Waals surface area contributed by atoms with E-state index in [1.165, 1.54) is 12.1 Å². The first-order valence-corrected chi connectivity index (χ1v) is 3.51. The average molecular weight is 179 g/mol. The predicted molar refractivity (Wildman–Crippen MR) is 42.9 cm³/mol. The number of nitriles is 1. The topological polar surface area (TPSA) is 61.1 Å². The molecule has 0 saturated carbocycles. The van der Waals surface area contributed by atoms with Crippen molar-refractivity contribution in [1.29, 1.82) is 5.26 Å². The highest BCUT2D eigenvalue weighted by Crippen LogP contribution is 2.12. The summed E-state index contributed by atoms with van der Waals surface area (Å²) in [5, 5.41) is 17.1. The van der Waals surface area contributed by atoms with Crippen LogP contribution in [0.5, 0.6) is 0 Å². The summed E-state index contributed by atoms with van der Waals surface area (Å²) >= 11 is 0. The first-order chi connectivity index (χ1) is 6.19. The van der Waals surface area contributed by atoms with Crippen molar-refractivity contribution < 1.29 is 14.3 Å². The molecule has 1 aromatic carbocycles. The first-order valence-electron chi connectivity index (χ1n) is 3.51. The smallest absolute Gasteiger partial charge is 0.335 e. The molecular formula is C9H6FNO2. The van der Waals surface area contributed by atoms with Crippen LogP contribution in [0.3, 0.4) is 0 Å².